The van der Waals surface area contributed by atoms with Crippen LogP contribution in [0.4, 0.5) is 0 Å². The third-order valence-electron chi connectivity index (χ3n) is 4.11. The van der Waals surface area contributed by atoms with Gasteiger partial charge in [-0.3, -0.25) is 0 Å². The van der Waals surface area contributed by atoms with Crippen molar-refractivity contribution in [3.8, 4) is 0 Å². The molecule has 0 aromatic heterocycles. The normalized spacial score (nSPS) is 32.6. The number of hydrogen-bond donors (Lipinski definition) is 1. The first-order valence-electron chi connectivity index (χ1n) is 6.58. The molecule has 3 atom stereocenters. The van der Waals surface area contributed by atoms with E-state index in [1.807, 2.05) is 12.2 Å². The second kappa shape index (κ2) is 5.68. The van der Waals surface area contributed by atoms with Gasteiger partial charge in [0.25, 0.3) is 0 Å². The van der Waals surface area contributed by atoms with E-state index in [-0.39, 0.29) is 11.5 Å². The van der Waals surface area contributed by atoms with Crippen molar-refractivity contribution in [2.45, 2.75) is 46.1 Å². The fraction of sp³-hybridized carbons (Fsp3) is 0.625. The summed E-state index contributed by atoms with van der Waals surface area (Å²) >= 11 is 0. The van der Waals surface area contributed by atoms with E-state index in [4.69, 9.17) is 0 Å². The first kappa shape index (κ1) is 14.2. The number of aliphatic hydroxyl groups excluding tert-OH is 1. The molecule has 0 fully saturated rings. The summed E-state index contributed by atoms with van der Waals surface area (Å²) in [4.78, 5) is 0. The molecule has 1 rings (SSSR count). The summed E-state index contributed by atoms with van der Waals surface area (Å²) in [6.07, 6.45) is 8.62. The molecule has 1 heteroatoms. The van der Waals surface area contributed by atoms with Gasteiger partial charge >= 0.3 is 0 Å². The van der Waals surface area contributed by atoms with Crippen LogP contribution in [-0.2, 0) is 0 Å². The van der Waals surface area contributed by atoms with Crippen LogP contribution in [0.15, 0.2) is 37.0 Å². The second-order valence-corrected chi connectivity index (χ2v) is 5.69. The van der Waals surface area contributed by atoms with E-state index in [2.05, 4.69) is 40.0 Å². The van der Waals surface area contributed by atoms with Gasteiger partial charge in [0, 0.05) is 5.92 Å². The highest BCUT2D eigenvalue weighted by atomic mass is 16.3. The fourth-order valence-corrected chi connectivity index (χ4v) is 3.41. The molecule has 0 radical (unpaired) electrons. The van der Waals surface area contributed by atoms with Crippen molar-refractivity contribution in [3.63, 3.8) is 0 Å². The quantitative estimate of drug-likeness (QED) is 0.686. The zero-order valence-corrected chi connectivity index (χ0v) is 11.4. The molecule has 0 spiro atoms. The van der Waals surface area contributed by atoms with Gasteiger partial charge in [0.05, 0.1) is 6.10 Å². The molecule has 0 amide bonds. The van der Waals surface area contributed by atoms with E-state index in [9.17, 15) is 5.11 Å². The molecule has 0 heterocycles. The average Bonchev–Trinajstić information content (AvgIpc) is 2.47. The Hall–Kier alpha value is -0.820. The highest BCUT2D eigenvalue weighted by Gasteiger charge is 2.45. The lowest BCUT2D eigenvalue weighted by Gasteiger charge is -2.38. The summed E-state index contributed by atoms with van der Waals surface area (Å²) in [5, 5.41) is 10.3. The Labute approximate surface area is 106 Å². The van der Waals surface area contributed by atoms with Gasteiger partial charge in [-0.05, 0) is 30.6 Å². The predicted molar refractivity (Wildman–Crippen MR) is 74.8 cm³/mol. The summed E-state index contributed by atoms with van der Waals surface area (Å²) in [6.45, 7) is 14.3. The van der Waals surface area contributed by atoms with E-state index in [1.165, 1.54) is 5.57 Å². The van der Waals surface area contributed by atoms with Gasteiger partial charge in [0.2, 0.25) is 0 Å². The third-order valence-corrected chi connectivity index (χ3v) is 4.11. The minimum absolute atomic E-state index is 0.0678. The van der Waals surface area contributed by atoms with Crippen LogP contribution in [0.5, 0.6) is 0 Å². The second-order valence-electron chi connectivity index (χ2n) is 5.69. The first-order chi connectivity index (χ1) is 7.97. The van der Waals surface area contributed by atoms with Crippen molar-refractivity contribution >= 4 is 0 Å². The van der Waals surface area contributed by atoms with Gasteiger partial charge in [-0.25, -0.2) is 0 Å². The number of aliphatic hydroxyl groups is 1. The van der Waals surface area contributed by atoms with Crippen LogP contribution in [-0.4, -0.2) is 11.2 Å². The zero-order chi connectivity index (χ0) is 13.1. The van der Waals surface area contributed by atoms with Crippen molar-refractivity contribution in [3.05, 3.63) is 37.0 Å². The van der Waals surface area contributed by atoms with Gasteiger partial charge in [0.15, 0.2) is 0 Å². The van der Waals surface area contributed by atoms with Crippen molar-refractivity contribution in [1.82, 2.24) is 0 Å². The molecule has 0 saturated carbocycles. The lowest BCUT2D eigenvalue weighted by atomic mass is 9.67. The van der Waals surface area contributed by atoms with Crippen molar-refractivity contribution in [2.75, 3.05) is 0 Å². The Morgan fingerprint density at radius 2 is 2.06 bits per heavy atom. The maximum atomic E-state index is 10.3. The van der Waals surface area contributed by atoms with Crippen LogP contribution in [0.1, 0.15) is 40.0 Å². The van der Waals surface area contributed by atoms with Crippen LogP contribution in [0, 0.1) is 17.3 Å². The lowest BCUT2D eigenvalue weighted by molar-refractivity contribution is 0.0655. The molecule has 1 unspecified atom stereocenters. The Balaban J connectivity index is 2.99. The maximum absolute atomic E-state index is 10.3. The van der Waals surface area contributed by atoms with Crippen molar-refractivity contribution in [2.24, 2.45) is 17.3 Å². The molecule has 0 aliphatic heterocycles. The van der Waals surface area contributed by atoms with Crippen LogP contribution < -0.4 is 0 Å². The summed E-state index contributed by atoms with van der Waals surface area (Å²) in [5.41, 5.74) is 1.45. The van der Waals surface area contributed by atoms with Crippen molar-refractivity contribution < 1.29 is 5.11 Å². The number of allylic oxidation sites excluding steroid dienone is 3. The first-order valence-corrected chi connectivity index (χ1v) is 6.58. The molecule has 17 heavy (non-hydrogen) atoms. The van der Waals surface area contributed by atoms with Crippen LogP contribution >= 0.6 is 0 Å². The molecule has 0 aromatic carbocycles. The highest BCUT2D eigenvalue weighted by Crippen LogP contribution is 2.51. The Morgan fingerprint density at radius 3 is 2.53 bits per heavy atom. The van der Waals surface area contributed by atoms with E-state index in [1.54, 1.807) is 0 Å². The molecule has 0 aromatic rings. The number of hydrogen-bond acceptors (Lipinski definition) is 1. The lowest BCUT2D eigenvalue weighted by Crippen LogP contribution is -2.34. The van der Waals surface area contributed by atoms with Gasteiger partial charge < -0.3 is 5.11 Å². The van der Waals surface area contributed by atoms with Crippen LogP contribution in [0.25, 0.3) is 0 Å². The summed E-state index contributed by atoms with van der Waals surface area (Å²) < 4.78 is 0. The van der Waals surface area contributed by atoms with Crippen LogP contribution in [0.3, 0.4) is 0 Å². The Kier molecular flexibility index (Phi) is 4.76. The van der Waals surface area contributed by atoms with E-state index in [0.29, 0.717) is 11.8 Å². The largest absolute Gasteiger partial charge is 0.389 e. The Bertz CT molecular complexity index is 313. The monoisotopic (exact) mass is 234 g/mol. The highest BCUT2D eigenvalue weighted by molar-refractivity contribution is 5.27. The Morgan fingerprint density at radius 1 is 1.41 bits per heavy atom. The minimum atomic E-state index is -0.306. The zero-order valence-electron chi connectivity index (χ0n) is 11.4. The number of rotatable bonds is 6. The maximum Gasteiger partial charge on any atom is 0.0762 e. The fourth-order valence-electron chi connectivity index (χ4n) is 3.41. The molecule has 96 valence electrons. The minimum Gasteiger partial charge on any atom is -0.389 e. The molecule has 1 N–H and O–H groups in total. The molecule has 1 nitrogen and oxygen atoms in total. The molecular formula is C16H26O. The van der Waals surface area contributed by atoms with Gasteiger partial charge in [-0.1, -0.05) is 44.6 Å². The van der Waals surface area contributed by atoms with E-state index in [0.717, 1.165) is 19.3 Å². The smallest absolute Gasteiger partial charge is 0.0762 e. The summed E-state index contributed by atoms with van der Waals surface area (Å²) in [5.74, 6) is 0.785. The van der Waals surface area contributed by atoms with Crippen molar-refractivity contribution in [1.29, 1.82) is 0 Å². The van der Waals surface area contributed by atoms with Gasteiger partial charge in [0.1, 0.15) is 0 Å². The van der Waals surface area contributed by atoms with Crippen LogP contribution in [0.2, 0.25) is 0 Å². The average molecular weight is 234 g/mol. The van der Waals surface area contributed by atoms with Gasteiger partial charge in [-0.15, -0.1) is 13.2 Å². The van der Waals surface area contributed by atoms with E-state index < -0.39 is 0 Å². The molecule has 1 aliphatic rings. The summed E-state index contributed by atoms with van der Waals surface area (Å²) in [6, 6.07) is 0. The molecular weight excluding hydrogens is 208 g/mol. The summed E-state index contributed by atoms with van der Waals surface area (Å²) in [7, 11) is 0. The van der Waals surface area contributed by atoms with Gasteiger partial charge in [-0.2, -0.15) is 0 Å². The topological polar surface area (TPSA) is 20.2 Å². The standard InChI is InChI=1S/C16H26O/c1-6-8-9-13-11-14(17)15(12(3)4)16(13,5)10-7-2/h6-7,11-12,14-15,17H,1-2,8-10H2,3-5H3/t14-,15?,16+/m1/s1. The molecule has 0 saturated heterocycles. The predicted octanol–water partition coefficient (Wildman–Crippen LogP) is 4.11. The third kappa shape index (κ3) is 2.71. The SMILES string of the molecule is C=CCCC1=C[C@@H](O)C(C(C)C)[C@@]1(C)CC=C. The molecule has 0 bridgehead atoms. The molecule has 1 aliphatic carbocycles. The van der Waals surface area contributed by atoms with E-state index >= 15 is 0 Å².